The molecule has 1 rings (SSSR count). The molecule has 0 aromatic heterocycles. The SMILES string of the molecule is CCCNC(=O)C(C#N)C(=S)NC(=O)c1ccccc1. The fourth-order valence-corrected chi connectivity index (χ4v) is 1.68. The van der Waals surface area contributed by atoms with Crippen LogP contribution in [0, 0.1) is 17.2 Å². The van der Waals surface area contributed by atoms with Crippen LogP contribution in [-0.2, 0) is 4.79 Å². The lowest BCUT2D eigenvalue weighted by Crippen LogP contribution is -2.42. The van der Waals surface area contributed by atoms with E-state index in [1.807, 2.05) is 6.92 Å². The predicted octanol–water partition coefficient (Wildman–Crippen LogP) is 1.41. The maximum absolute atomic E-state index is 11.9. The van der Waals surface area contributed by atoms with Crippen molar-refractivity contribution in [3.05, 3.63) is 35.9 Å². The zero-order chi connectivity index (χ0) is 15.0. The normalized spacial score (nSPS) is 11.0. The molecule has 0 aliphatic carbocycles. The Kier molecular flexibility index (Phi) is 6.33. The van der Waals surface area contributed by atoms with E-state index in [1.165, 1.54) is 0 Å². The highest BCUT2D eigenvalue weighted by molar-refractivity contribution is 7.80. The molecule has 104 valence electrons. The first-order chi connectivity index (χ1) is 9.60. The van der Waals surface area contributed by atoms with Crippen LogP contribution in [0.3, 0.4) is 0 Å². The van der Waals surface area contributed by atoms with Gasteiger partial charge in [0, 0.05) is 12.1 Å². The number of nitriles is 1. The lowest BCUT2D eigenvalue weighted by molar-refractivity contribution is -0.121. The van der Waals surface area contributed by atoms with Crippen LogP contribution in [-0.4, -0.2) is 23.3 Å². The van der Waals surface area contributed by atoms with Crippen molar-refractivity contribution in [2.75, 3.05) is 6.54 Å². The first kappa shape index (κ1) is 15.8. The van der Waals surface area contributed by atoms with Crippen molar-refractivity contribution in [1.29, 1.82) is 5.26 Å². The molecule has 0 saturated carbocycles. The Hall–Kier alpha value is -2.26. The zero-order valence-corrected chi connectivity index (χ0v) is 11.9. The summed E-state index contributed by atoms with van der Waals surface area (Å²) in [5.41, 5.74) is 0.417. The minimum atomic E-state index is -1.16. The summed E-state index contributed by atoms with van der Waals surface area (Å²) in [4.78, 5) is 23.5. The Morgan fingerprint density at radius 3 is 2.55 bits per heavy atom. The summed E-state index contributed by atoms with van der Waals surface area (Å²) in [7, 11) is 0. The molecule has 2 N–H and O–H groups in total. The first-order valence-corrected chi connectivity index (χ1v) is 6.58. The second-order valence-corrected chi connectivity index (χ2v) is 4.48. The largest absolute Gasteiger partial charge is 0.355 e. The number of rotatable bonds is 5. The molecule has 1 aromatic rings. The number of amides is 2. The quantitative estimate of drug-likeness (QED) is 0.803. The van der Waals surface area contributed by atoms with Crippen molar-refractivity contribution in [1.82, 2.24) is 10.6 Å². The summed E-state index contributed by atoms with van der Waals surface area (Å²) in [5.74, 6) is -2.09. The summed E-state index contributed by atoms with van der Waals surface area (Å²) in [6.45, 7) is 2.36. The third-order valence-electron chi connectivity index (χ3n) is 2.48. The van der Waals surface area contributed by atoms with Crippen LogP contribution in [0.15, 0.2) is 30.3 Å². The molecule has 0 fully saturated rings. The van der Waals surface area contributed by atoms with E-state index in [0.29, 0.717) is 12.1 Å². The van der Waals surface area contributed by atoms with Gasteiger partial charge in [0.25, 0.3) is 5.91 Å². The lowest BCUT2D eigenvalue weighted by Gasteiger charge is -2.12. The zero-order valence-electron chi connectivity index (χ0n) is 11.1. The highest BCUT2D eigenvalue weighted by Gasteiger charge is 2.24. The van der Waals surface area contributed by atoms with Crippen LogP contribution in [0.4, 0.5) is 0 Å². The second-order valence-electron chi connectivity index (χ2n) is 4.04. The van der Waals surface area contributed by atoms with E-state index in [4.69, 9.17) is 17.5 Å². The number of nitrogens with one attached hydrogen (secondary N) is 2. The maximum atomic E-state index is 11.9. The van der Waals surface area contributed by atoms with Gasteiger partial charge in [0.1, 0.15) is 4.99 Å². The van der Waals surface area contributed by atoms with E-state index in [2.05, 4.69) is 10.6 Å². The van der Waals surface area contributed by atoms with Gasteiger partial charge in [-0.2, -0.15) is 5.26 Å². The Bertz CT molecular complexity index is 537. The average Bonchev–Trinajstić information content (AvgIpc) is 2.46. The number of hydrogen-bond acceptors (Lipinski definition) is 4. The Morgan fingerprint density at radius 1 is 1.35 bits per heavy atom. The van der Waals surface area contributed by atoms with Gasteiger partial charge in [-0.1, -0.05) is 37.3 Å². The van der Waals surface area contributed by atoms with E-state index in [1.54, 1.807) is 36.4 Å². The van der Waals surface area contributed by atoms with E-state index >= 15 is 0 Å². The van der Waals surface area contributed by atoms with Crippen LogP contribution in [0.5, 0.6) is 0 Å². The van der Waals surface area contributed by atoms with E-state index in [9.17, 15) is 9.59 Å². The second kappa shape index (κ2) is 8.02. The molecule has 5 nitrogen and oxygen atoms in total. The van der Waals surface area contributed by atoms with Crippen molar-refractivity contribution in [3.63, 3.8) is 0 Å². The molecule has 0 spiro atoms. The maximum Gasteiger partial charge on any atom is 0.256 e. The van der Waals surface area contributed by atoms with E-state index in [0.717, 1.165) is 6.42 Å². The monoisotopic (exact) mass is 289 g/mol. The predicted molar refractivity (Wildman–Crippen MR) is 78.9 cm³/mol. The molecule has 1 unspecified atom stereocenters. The molecule has 1 aromatic carbocycles. The number of nitrogens with zero attached hydrogens (tertiary/aromatic N) is 1. The number of carbonyl (C=O) groups excluding carboxylic acids is 2. The number of carbonyl (C=O) groups is 2. The summed E-state index contributed by atoms with van der Waals surface area (Å²) >= 11 is 4.96. The molecule has 0 aliphatic heterocycles. The van der Waals surface area contributed by atoms with Gasteiger partial charge in [-0.25, -0.2) is 0 Å². The Balaban J connectivity index is 2.67. The van der Waals surface area contributed by atoms with Gasteiger partial charge in [-0.15, -0.1) is 0 Å². The Labute approximate surface area is 123 Å². The summed E-state index contributed by atoms with van der Waals surface area (Å²) < 4.78 is 0. The highest BCUT2D eigenvalue weighted by atomic mass is 32.1. The van der Waals surface area contributed by atoms with Gasteiger partial charge in [-0.05, 0) is 18.6 Å². The highest BCUT2D eigenvalue weighted by Crippen LogP contribution is 2.02. The van der Waals surface area contributed by atoms with Crippen molar-refractivity contribution >= 4 is 29.0 Å². The van der Waals surface area contributed by atoms with Crippen LogP contribution in [0.25, 0.3) is 0 Å². The van der Waals surface area contributed by atoms with Crippen LogP contribution in [0.1, 0.15) is 23.7 Å². The summed E-state index contributed by atoms with van der Waals surface area (Å²) in [6.07, 6.45) is 0.757. The molecular weight excluding hydrogens is 274 g/mol. The van der Waals surface area contributed by atoms with Gasteiger partial charge >= 0.3 is 0 Å². The average molecular weight is 289 g/mol. The molecule has 0 radical (unpaired) electrons. The van der Waals surface area contributed by atoms with Gasteiger partial charge in [0.2, 0.25) is 5.91 Å². The topological polar surface area (TPSA) is 82.0 Å². The summed E-state index contributed by atoms with van der Waals surface area (Å²) in [6, 6.07) is 10.3. The minimum absolute atomic E-state index is 0.0880. The van der Waals surface area contributed by atoms with Gasteiger partial charge < -0.3 is 10.6 Å². The molecular formula is C14H15N3O2S. The molecule has 0 aliphatic rings. The van der Waals surface area contributed by atoms with Crippen molar-refractivity contribution in [2.24, 2.45) is 5.92 Å². The lowest BCUT2D eigenvalue weighted by atomic mass is 10.1. The molecule has 0 saturated heterocycles. The third kappa shape index (κ3) is 4.44. The van der Waals surface area contributed by atoms with Crippen LogP contribution >= 0.6 is 12.2 Å². The van der Waals surface area contributed by atoms with Gasteiger partial charge in [-0.3, -0.25) is 9.59 Å². The molecule has 1 atom stereocenters. The standard InChI is InChI=1S/C14H15N3O2S/c1-2-8-16-13(19)11(9-15)14(20)17-12(18)10-6-4-3-5-7-10/h3-7,11H,2,8H2,1H3,(H,16,19)(H,17,18,20). The van der Waals surface area contributed by atoms with E-state index < -0.39 is 17.7 Å². The molecule has 20 heavy (non-hydrogen) atoms. The first-order valence-electron chi connectivity index (χ1n) is 6.17. The molecule has 2 amide bonds. The Morgan fingerprint density at radius 2 is 2.00 bits per heavy atom. The molecule has 6 heteroatoms. The van der Waals surface area contributed by atoms with E-state index in [-0.39, 0.29) is 4.99 Å². The number of thiocarbonyl (C=S) groups is 1. The smallest absolute Gasteiger partial charge is 0.256 e. The fraction of sp³-hybridized carbons (Fsp3) is 0.286. The van der Waals surface area contributed by atoms with Gasteiger partial charge in [0.05, 0.1) is 6.07 Å². The minimum Gasteiger partial charge on any atom is -0.355 e. The van der Waals surface area contributed by atoms with Crippen LogP contribution < -0.4 is 10.6 Å². The van der Waals surface area contributed by atoms with Crippen molar-refractivity contribution < 1.29 is 9.59 Å². The molecule has 0 heterocycles. The fourth-order valence-electron chi connectivity index (χ4n) is 1.43. The summed E-state index contributed by atoms with van der Waals surface area (Å²) in [5, 5.41) is 14.0. The number of benzene rings is 1. The van der Waals surface area contributed by atoms with Gasteiger partial charge in [0.15, 0.2) is 5.92 Å². The van der Waals surface area contributed by atoms with Crippen molar-refractivity contribution in [3.8, 4) is 6.07 Å². The number of hydrogen-bond donors (Lipinski definition) is 2. The molecule has 0 bridgehead atoms. The van der Waals surface area contributed by atoms with Crippen LogP contribution in [0.2, 0.25) is 0 Å². The third-order valence-corrected chi connectivity index (χ3v) is 2.81. The van der Waals surface area contributed by atoms with Crippen molar-refractivity contribution in [2.45, 2.75) is 13.3 Å².